The Labute approximate surface area is 115 Å². The molecular weight excluding hydrogens is 242 g/mol. The minimum atomic E-state index is -0.503. The van der Waals surface area contributed by atoms with E-state index in [0.717, 1.165) is 51.6 Å². The fourth-order valence-electron chi connectivity index (χ4n) is 3.43. The molecule has 4 heteroatoms. The van der Waals surface area contributed by atoms with Crippen molar-refractivity contribution in [2.45, 2.75) is 64.1 Å². The molecule has 2 unspecified atom stereocenters. The van der Waals surface area contributed by atoms with Crippen LogP contribution in [0.5, 0.6) is 0 Å². The van der Waals surface area contributed by atoms with Crippen LogP contribution in [0.3, 0.4) is 0 Å². The van der Waals surface area contributed by atoms with Gasteiger partial charge < -0.3 is 15.2 Å². The van der Waals surface area contributed by atoms with Crippen LogP contribution in [0, 0.1) is 11.8 Å². The Morgan fingerprint density at radius 2 is 1.79 bits per heavy atom. The Hall–Kier alpha value is -0.610. The van der Waals surface area contributed by atoms with E-state index in [-0.39, 0.29) is 11.9 Å². The van der Waals surface area contributed by atoms with E-state index in [1.54, 1.807) is 0 Å². The van der Waals surface area contributed by atoms with Gasteiger partial charge in [0, 0.05) is 18.8 Å². The largest absolute Gasteiger partial charge is 0.459 e. The van der Waals surface area contributed by atoms with Crippen LogP contribution >= 0.6 is 0 Å². The Balaban J connectivity index is 1.92. The van der Waals surface area contributed by atoms with Crippen LogP contribution in [-0.4, -0.2) is 35.9 Å². The van der Waals surface area contributed by atoms with Crippen molar-refractivity contribution >= 4 is 5.97 Å². The number of quaternary nitrogens is 1. The zero-order valence-corrected chi connectivity index (χ0v) is 12.2. The van der Waals surface area contributed by atoms with Crippen molar-refractivity contribution in [3.05, 3.63) is 0 Å². The van der Waals surface area contributed by atoms with Gasteiger partial charge in [0.2, 0.25) is 0 Å². The summed E-state index contributed by atoms with van der Waals surface area (Å²) in [5.74, 6) is -0.0443. The van der Waals surface area contributed by atoms with Crippen LogP contribution in [0.4, 0.5) is 0 Å². The van der Waals surface area contributed by atoms with E-state index >= 15 is 0 Å². The summed E-state index contributed by atoms with van der Waals surface area (Å²) in [6.07, 6.45) is 5.26. The molecule has 0 aromatic rings. The monoisotopic (exact) mass is 270 g/mol. The van der Waals surface area contributed by atoms with Gasteiger partial charge in [0.05, 0.1) is 25.1 Å². The summed E-state index contributed by atoms with van der Waals surface area (Å²) in [7, 11) is 0. The zero-order valence-electron chi connectivity index (χ0n) is 12.2. The number of hydrogen-bond donors (Lipinski definition) is 2. The minimum absolute atomic E-state index is 0.188. The van der Waals surface area contributed by atoms with Crippen LogP contribution in [-0.2, 0) is 9.53 Å². The first-order chi connectivity index (χ1) is 9.00. The second kappa shape index (κ2) is 6.23. The number of ether oxygens (including phenoxy) is 1. The van der Waals surface area contributed by atoms with E-state index in [4.69, 9.17) is 4.74 Å². The molecule has 1 heterocycles. The molecule has 0 amide bonds. The molecule has 1 saturated carbocycles. The third-order valence-electron chi connectivity index (χ3n) is 4.82. The highest BCUT2D eigenvalue weighted by Gasteiger charge is 2.39. The zero-order chi connectivity index (χ0) is 13.9. The lowest BCUT2D eigenvalue weighted by Crippen LogP contribution is -2.86. The predicted octanol–water partition coefficient (Wildman–Crippen LogP) is 0.833. The first-order valence-corrected chi connectivity index (χ1v) is 7.73. The number of carbonyl (C=O) groups is 1. The molecule has 1 aliphatic carbocycles. The number of piperidine rings is 1. The quantitative estimate of drug-likeness (QED) is 0.747. The van der Waals surface area contributed by atoms with Gasteiger partial charge in [-0.2, -0.15) is 0 Å². The molecule has 2 rings (SSSR count). The lowest BCUT2D eigenvalue weighted by molar-refractivity contribution is -0.665. The number of aliphatic hydroxyl groups is 1. The van der Waals surface area contributed by atoms with Crippen molar-refractivity contribution < 1.29 is 20.0 Å². The molecule has 0 aromatic carbocycles. The highest BCUT2D eigenvalue weighted by Crippen LogP contribution is 2.32. The Bertz CT molecular complexity index is 311. The molecule has 2 atom stereocenters. The second-order valence-electron chi connectivity index (χ2n) is 6.62. The number of nitrogens with two attached hydrogens (primary N) is 1. The summed E-state index contributed by atoms with van der Waals surface area (Å²) in [6.45, 7) is 6.29. The van der Waals surface area contributed by atoms with Gasteiger partial charge in [-0.3, -0.25) is 4.79 Å². The Morgan fingerprint density at radius 3 is 2.42 bits per heavy atom. The van der Waals surface area contributed by atoms with Gasteiger partial charge in [0.1, 0.15) is 5.60 Å². The van der Waals surface area contributed by atoms with Crippen LogP contribution in [0.2, 0.25) is 0 Å². The fourth-order valence-corrected chi connectivity index (χ4v) is 3.43. The molecule has 19 heavy (non-hydrogen) atoms. The van der Waals surface area contributed by atoms with Crippen LogP contribution in [0.15, 0.2) is 0 Å². The van der Waals surface area contributed by atoms with Crippen molar-refractivity contribution in [2.75, 3.05) is 13.1 Å². The smallest absolute Gasteiger partial charge is 0.312 e. The number of rotatable bonds is 3. The standard InChI is InChI=1S/C15H27NO3/c1-15(2,11-7-9-16-10-8-11)19-14(18)12-5-3-4-6-13(12)17/h11-13,16-17H,3-10H2,1-2H3/p+1. The van der Waals surface area contributed by atoms with Gasteiger partial charge >= 0.3 is 5.97 Å². The summed E-state index contributed by atoms with van der Waals surface area (Å²) < 4.78 is 5.77. The number of hydrogen-bond acceptors (Lipinski definition) is 3. The van der Waals surface area contributed by atoms with Gasteiger partial charge in [-0.15, -0.1) is 0 Å². The fraction of sp³-hybridized carbons (Fsp3) is 0.933. The van der Waals surface area contributed by atoms with Crippen molar-refractivity contribution in [3.8, 4) is 0 Å². The Kier molecular flexibility index (Phi) is 4.85. The molecule has 2 aliphatic rings. The summed E-state index contributed by atoms with van der Waals surface area (Å²) in [5.41, 5.74) is -0.400. The third-order valence-corrected chi connectivity index (χ3v) is 4.82. The maximum absolute atomic E-state index is 12.3. The maximum Gasteiger partial charge on any atom is 0.312 e. The van der Waals surface area contributed by atoms with Crippen molar-refractivity contribution in [1.82, 2.24) is 0 Å². The van der Waals surface area contributed by atoms with E-state index in [1.807, 2.05) is 13.8 Å². The Morgan fingerprint density at radius 1 is 1.16 bits per heavy atom. The molecule has 2 fully saturated rings. The summed E-state index contributed by atoms with van der Waals surface area (Å²) in [5, 5.41) is 12.3. The first-order valence-electron chi connectivity index (χ1n) is 7.73. The predicted molar refractivity (Wildman–Crippen MR) is 72.5 cm³/mol. The highest BCUT2D eigenvalue weighted by atomic mass is 16.6. The van der Waals surface area contributed by atoms with Crippen molar-refractivity contribution in [3.63, 3.8) is 0 Å². The summed E-state index contributed by atoms with van der Waals surface area (Å²) in [6, 6.07) is 0. The van der Waals surface area contributed by atoms with E-state index in [9.17, 15) is 9.90 Å². The van der Waals surface area contributed by atoms with Crippen molar-refractivity contribution in [2.24, 2.45) is 11.8 Å². The lowest BCUT2D eigenvalue weighted by Gasteiger charge is -2.37. The van der Waals surface area contributed by atoms with E-state index < -0.39 is 11.7 Å². The summed E-state index contributed by atoms with van der Waals surface area (Å²) in [4.78, 5) is 12.3. The number of esters is 1. The van der Waals surface area contributed by atoms with Crippen LogP contribution < -0.4 is 5.32 Å². The molecular formula is C15H28NO3+. The lowest BCUT2D eigenvalue weighted by atomic mass is 9.82. The maximum atomic E-state index is 12.3. The molecule has 1 saturated heterocycles. The van der Waals surface area contributed by atoms with Gasteiger partial charge in [0.15, 0.2) is 0 Å². The summed E-state index contributed by atoms with van der Waals surface area (Å²) >= 11 is 0. The van der Waals surface area contributed by atoms with Gasteiger partial charge in [-0.05, 0) is 26.7 Å². The molecule has 3 N–H and O–H groups in total. The average molecular weight is 270 g/mol. The van der Waals surface area contributed by atoms with E-state index in [2.05, 4.69) is 5.32 Å². The molecule has 0 bridgehead atoms. The molecule has 110 valence electrons. The molecule has 0 radical (unpaired) electrons. The normalized spacial score (nSPS) is 30.1. The SMILES string of the molecule is CC(C)(OC(=O)C1CCCCC1O)C1CC[NH2+]CC1. The van der Waals surface area contributed by atoms with Gasteiger partial charge in [-0.25, -0.2) is 0 Å². The second-order valence-corrected chi connectivity index (χ2v) is 6.62. The average Bonchev–Trinajstić information content (AvgIpc) is 2.39. The van der Waals surface area contributed by atoms with E-state index in [0.29, 0.717) is 5.92 Å². The first kappa shape index (κ1) is 14.8. The molecule has 1 aliphatic heterocycles. The van der Waals surface area contributed by atoms with Crippen LogP contribution in [0.25, 0.3) is 0 Å². The number of carbonyl (C=O) groups excluding carboxylic acids is 1. The third kappa shape index (κ3) is 3.69. The van der Waals surface area contributed by atoms with Gasteiger partial charge in [-0.1, -0.05) is 12.8 Å². The molecule has 4 nitrogen and oxygen atoms in total. The number of aliphatic hydroxyl groups excluding tert-OH is 1. The highest BCUT2D eigenvalue weighted by molar-refractivity contribution is 5.73. The minimum Gasteiger partial charge on any atom is -0.459 e. The van der Waals surface area contributed by atoms with E-state index in [1.165, 1.54) is 0 Å². The van der Waals surface area contributed by atoms with Crippen molar-refractivity contribution in [1.29, 1.82) is 0 Å². The topological polar surface area (TPSA) is 63.1 Å². The molecule has 0 spiro atoms. The molecule has 0 aromatic heterocycles. The van der Waals surface area contributed by atoms with Crippen LogP contribution in [0.1, 0.15) is 52.4 Å². The van der Waals surface area contributed by atoms with Gasteiger partial charge in [0.25, 0.3) is 0 Å².